The van der Waals surface area contributed by atoms with Gasteiger partial charge in [0.05, 0.1) is 7.11 Å². The van der Waals surface area contributed by atoms with E-state index >= 15 is 0 Å². The monoisotopic (exact) mass is 278 g/mol. The zero-order chi connectivity index (χ0) is 15.2. The number of ether oxygens (including phenoxy) is 1. The second kappa shape index (κ2) is 6.93. The topological polar surface area (TPSA) is 67.4 Å². The number of carbonyl (C=O) groups excluding carboxylic acids is 2. The van der Waals surface area contributed by atoms with Crippen LogP contribution in [0.3, 0.4) is 0 Å². The average molecular weight is 278 g/mol. The molecule has 1 aromatic rings. The van der Waals surface area contributed by atoms with Gasteiger partial charge in [0.2, 0.25) is 11.8 Å². The van der Waals surface area contributed by atoms with Gasteiger partial charge in [0.1, 0.15) is 5.75 Å². The van der Waals surface area contributed by atoms with Crippen LogP contribution in [0.4, 0.5) is 5.69 Å². The van der Waals surface area contributed by atoms with Crippen molar-refractivity contribution < 1.29 is 14.3 Å². The number of methoxy groups -OCH3 is 1. The summed E-state index contributed by atoms with van der Waals surface area (Å²) >= 11 is 0. The van der Waals surface area contributed by atoms with E-state index in [1.807, 2.05) is 20.8 Å². The largest absolute Gasteiger partial charge is 0.497 e. The molecule has 2 N–H and O–H groups in total. The first-order chi connectivity index (χ1) is 9.32. The van der Waals surface area contributed by atoms with E-state index in [1.54, 1.807) is 31.4 Å². The van der Waals surface area contributed by atoms with Gasteiger partial charge in [0, 0.05) is 24.1 Å². The highest BCUT2D eigenvalue weighted by Gasteiger charge is 2.20. The van der Waals surface area contributed by atoms with Crippen molar-refractivity contribution in [2.45, 2.75) is 27.2 Å². The van der Waals surface area contributed by atoms with Crippen LogP contribution in [0.15, 0.2) is 24.3 Å². The Morgan fingerprint density at radius 1 is 1.15 bits per heavy atom. The Labute approximate surface area is 119 Å². The summed E-state index contributed by atoms with van der Waals surface area (Å²) in [6.07, 6.45) is 0.244. The van der Waals surface area contributed by atoms with Gasteiger partial charge < -0.3 is 15.4 Å². The van der Waals surface area contributed by atoms with Crippen LogP contribution in [0, 0.1) is 5.41 Å². The highest BCUT2D eigenvalue weighted by Crippen LogP contribution is 2.15. The molecule has 0 aromatic heterocycles. The van der Waals surface area contributed by atoms with Gasteiger partial charge in [0.15, 0.2) is 0 Å². The van der Waals surface area contributed by atoms with Crippen LogP contribution >= 0.6 is 0 Å². The molecule has 0 heterocycles. The van der Waals surface area contributed by atoms with Crippen LogP contribution < -0.4 is 15.4 Å². The molecule has 2 amide bonds. The molecule has 1 rings (SSSR count). The van der Waals surface area contributed by atoms with Crippen LogP contribution in [0.25, 0.3) is 0 Å². The molecule has 0 aliphatic rings. The fraction of sp³-hybridized carbons (Fsp3) is 0.467. The van der Waals surface area contributed by atoms with Gasteiger partial charge in [-0.1, -0.05) is 20.8 Å². The lowest BCUT2D eigenvalue weighted by Crippen LogP contribution is -2.36. The molecule has 0 spiro atoms. The number of carbonyl (C=O) groups is 2. The number of rotatable bonds is 5. The van der Waals surface area contributed by atoms with E-state index in [4.69, 9.17) is 4.74 Å². The number of hydrogen-bond donors (Lipinski definition) is 2. The lowest BCUT2D eigenvalue weighted by atomic mass is 9.96. The normalized spacial score (nSPS) is 10.8. The molecule has 5 heteroatoms. The molecule has 110 valence electrons. The van der Waals surface area contributed by atoms with Crippen LogP contribution in [0.1, 0.15) is 27.2 Å². The van der Waals surface area contributed by atoms with Gasteiger partial charge in [-0.2, -0.15) is 0 Å². The minimum Gasteiger partial charge on any atom is -0.497 e. The molecular formula is C15H22N2O3. The summed E-state index contributed by atoms with van der Waals surface area (Å²) in [4.78, 5) is 23.3. The molecule has 0 atom stereocenters. The molecule has 20 heavy (non-hydrogen) atoms. The van der Waals surface area contributed by atoms with Crippen LogP contribution in [0.2, 0.25) is 0 Å². The van der Waals surface area contributed by atoms with Gasteiger partial charge in [-0.15, -0.1) is 0 Å². The van der Waals surface area contributed by atoms with E-state index in [9.17, 15) is 9.59 Å². The highest BCUT2D eigenvalue weighted by atomic mass is 16.5. The Morgan fingerprint density at radius 3 is 2.25 bits per heavy atom. The van der Waals surface area contributed by atoms with Gasteiger partial charge in [-0.25, -0.2) is 0 Å². The Hall–Kier alpha value is -2.04. The first kappa shape index (κ1) is 16.0. The molecular weight excluding hydrogens is 256 g/mol. The standard InChI is InChI=1S/C15H22N2O3/c1-15(2,3)14(19)16-10-9-13(18)17-11-5-7-12(20-4)8-6-11/h5-8H,9-10H2,1-4H3,(H,16,19)(H,17,18). The minimum atomic E-state index is -0.438. The molecule has 0 bridgehead atoms. The fourth-order valence-corrected chi connectivity index (χ4v) is 1.45. The van der Waals surface area contributed by atoms with Gasteiger partial charge >= 0.3 is 0 Å². The molecule has 0 unspecified atom stereocenters. The Morgan fingerprint density at radius 2 is 1.75 bits per heavy atom. The van der Waals surface area contributed by atoms with Crippen molar-refractivity contribution in [1.29, 1.82) is 0 Å². The maximum atomic E-state index is 11.7. The molecule has 1 aromatic carbocycles. The number of benzene rings is 1. The number of nitrogens with one attached hydrogen (secondary N) is 2. The van der Waals surface area contributed by atoms with Crippen molar-refractivity contribution in [1.82, 2.24) is 5.32 Å². The molecule has 0 saturated carbocycles. The third-order valence-electron chi connectivity index (χ3n) is 2.69. The quantitative estimate of drug-likeness (QED) is 0.867. The summed E-state index contributed by atoms with van der Waals surface area (Å²) in [5.74, 6) is 0.541. The predicted molar refractivity (Wildman–Crippen MR) is 78.7 cm³/mol. The van der Waals surface area contributed by atoms with Gasteiger partial charge in [0.25, 0.3) is 0 Å². The second-order valence-electron chi connectivity index (χ2n) is 5.53. The Balaban J connectivity index is 2.35. The van der Waals surface area contributed by atoms with Crippen LogP contribution in [0.5, 0.6) is 5.75 Å². The number of amides is 2. The molecule has 0 fully saturated rings. The summed E-state index contributed by atoms with van der Waals surface area (Å²) in [5, 5.41) is 5.50. The zero-order valence-electron chi connectivity index (χ0n) is 12.4. The molecule has 0 aliphatic heterocycles. The third-order valence-corrected chi connectivity index (χ3v) is 2.69. The Kier molecular flexibility index (Phi) is 5.55. The van der Waals surface area contributed by atoms with Crippen molar-refractivity contribution in [2.24, 2.45) is 5.41 Å². The maximum Gasteiger partial charge on any atom is 0.226 e. The second-order valence-corrected chi connectivity index (χ2v) is 5.53. The summed E-state index contributed by atoms with van der Waals surface area (Å²) in [6, 6.07) is 7.09. The summed E-state index contributed by atoms with van der Waals surface area (Å²) in [6.45, 7) is 5.83. The van der Waals surface area contributed by atoms with Crippen molar-refractivity contribution in [3.05, 3.63) is 24.3 Å². The summed E-state index contributed by atoms with van der Waals surface area (Å²) in [7, 11) is 1.59. The lowest BCUT2D eigenvalue weighted by Gasteiger charge is -2.17. The third kappa shape index (κ3) is 5.30. The van der Waals surface area contributed by atoms with Crippen molar-refractivity contribution in [3.63, 3.8) is 0 Å². The molecule has 5 nitrogen and oxygen atoms in total. The summed E-state index contributed by atoms with van der Waals surface area (Å²) < 4.78 is 5.04. The fourth-order valence-electron chi connectivity index (χ4n) is 1.45. The van der Waals surface area contributed by atoms with Crippen LogP contribution in [-0.2, 0) is 9.59 Å². The molecule has 0 aliphatic carbocycles. The van der Waals surface area contributed by atoms with E-state index in [-0.39, 0.29) is 18.2 Å². The van der Waals surface area contributed by atoms with E-state index in [0.717, 1.165) is 5.75 Å². The SMILES string of the molecule is COc1ccc(NC(=O)CCNC(=O)C(C)(C)C)cc1. The molecule has 0 saturated heterocycles. The highest BCUT2D eigenvalue weighted by molar-refractivity contribution is 5.91. The van der Waals surface area contributed by atoms with Crippen molar-refractivity contribution in [2.75, 3.05) is 19.0 Å². The van der Waals surface area contributed by atoms with Crippen molar-refractivity contribution >= 4 is 17.5 Å². The Bertz CT molecular complexity index is 461. The van der Waals surface area contributed by atoms with Gasteiger partial charge in [-0.05, 0) is 24.3 Å². The number of hydrogen-bond acceptors (Lipinski definition) is 3. The predicted octanol–water partition coefficient (Wildman–Crippen LogP) is 2.19. The van der Waals surface area contributed by atoms with E-state index in [0.29, 0.717) is 12.2 Å². The van der Waals surface area contributed by atoms with E-state index in [1.165, 1.54) is 0 Å². The van der Waals surface area contributed by atoms with Crippen LogP contribution in [-0.4, -0.2) is 25.5 Å². The number of anilines is 1. The minimum absolute atomic E-state index is 0.0604. The van der Waals surface area contributed by atoms with Gasteiger partial charge in [-0.3, -0.25) is 9.59 Å². The zero-order valence-corrected chi connectivity index (χ0v) is 12.4. The van der Waals surface area contributed by atoms with E-state index < -0.39 is 5.41 Å². The first-order valence-corrected chi connectivity index (χ1v) is 6.55. The molecule has 0 radical (unpaired) electrons. The lowest BCUT2D eigenvalue weighted by molar-refractivity contribution is -0.128. The average Bonchev–Trinajstić information content (AvgIpc) is 2.38. The smallest absolute Gasteiger partial charge is 0.226 e. The van der Waals surface area contributed by atoms with Crippen molar-refractivity contribution in [3.8, 4) is 5.75 Å². The first-order valence-electron chi connectivity index (χ1n) is 6.55. The maximum absolute atomic E-state index is 11.7. The van der Waals surface area contributed by atoms with E-state index in [2.05, 4.69) is 10.6 Å². The summed E-state index contributed by atoms with van der Waals surface area (Å²) in [5.41, 5.74) is 0.268.